The number of rotatable bonds is 2. The summed E-state index contributed by atoms with van der Waals surface area (Å²) in [5.41, 5.74) is 1.18. The second kappa shape index (κ2) is 3.57. The van der Waals surface area contributed by atoms with Crippen molar-refractivity contribution in [1.29, 1.82) is 0 Å². The molecule has 0 fully saturated rings. The highest BCUT2D eigenvalue weighted by Crippen LogP contribution is 2.23. The first kappa shape index (κ1) is 11.1. The Balaban J connectivity index is 2.89. The van der Waals surface area contributed by atoms with Crippen LogP contribution in [0.15, 0.2) is 29.4 Å². The van der Waals surface area contributed by atoms with Crippen molar-refractivity contribution in [3.63, 3.8) is 0 Å². The van der Waals surface area contributed by atoms with E-state index in [9.17, 15) is 13.0 Å². The Labute approximate surface area is 93.5 Å². The second-order valence-corrected chi connectivity index (χ2v) is 5.07. The van der Waals surface area contributed by atoms with Crippen molar-refractivity contribution < 1.29 is 13.0 Å². The molecular weight excluding hydrogens is 228 g/mol. The molecule has 0 spiro atoms. The summed E-state index contributed by atoms with van der Waals surface area (Å²) in [4.78, 5) is 3.87. The quantitative estimate of drug-likeness (QED) is 0.744. The lowest BCUT2D eigenvalue weighted by atomic mass is 10.3. The fourth-order valence-electron chi connectivity index (χ4n) is 1.70. The van der Waals surface area contributed by atoms with Crippen LogP contribution >= 0.6 is 0 Å². The van der Waals surface area contributed by atoms with Gasteiger partial charge in [-0.15, -0.1) is 0 Å². The largest absolute Gasteiger partial charge is 0.742 e. The fraction of sp³-hybridized carbons (Fsp3) is 0.300. The smallest absolute Gasteiger partial charge is 0.216 e. The first-order valence-corrected chi connectivity index (χ1v) is 6.25. The van der Waals surface area contributed by atoms with Crippen LogP contribution in [0, 0.1) is 0 Å². The molecule has 5 nitrogen and oxygen atoms in total. The third-order valence-electron chi connectivity index (χ3n) is 2.30. The lowest BCUT2D eigenvalue weighted by molar-refractivity contribution is 0.438. The third kappa shape index (κ3) is 1.70. The zero-order valence-corrected chi connectivity index (χ0v) is 9.73. The molecule has 2 aromatic rings. The van der Waals surface area contributed by atoms with Gasteiger partial charge in [-0.3, -0.25) is 0 Å². The van der Waals surface area contributed by atoms with Gasteiger partial charge in [-0.05, 0) is 26.0 Å². The number of hydrogen-bond donors (Lipinski definition) is 0. The summed E-state index contributed by atoms with van der Waals surface area (Å²) in [6.07, 6.45) is 0. The molecule has 86 valence electrons. The van der Waals surface area contributed by atoms with Gasteiger partial charge in [-0.2, -0.15) is 0 Å². The van der Waals surface area contributed by atoms with Crippen molar-refractivity contribution in [3.05, 3.63) is 24.3 Å². The highest BCUT2D eigenvalue weighted by molar-refractivity contribution is 7.85. The summed E-state index contributed by atoms with van der Waals surface area (Å²) in [7, 11) is -4.54. The number of imidazole rings is 1. The van der Waals surface area contributed by atoms with Crippen LogP contribution in [0.1, 0.15) is 19.9 Å². The van der Waals surface area contributed by atoms with Crippen molar-refractivity contribution in [1.82, 2.24) is 9.55 Å². The summed E-state index contributed by atoms with van der Waals surface area (Å²) in [6.45, 7) is 3.62. The minimum atomic E-state index is -4.54. The number of nitrogens with zero attached hydrogens (tertiary/aromatic N) is 2. The molecule has 2 rings (SSSR count). The van der Waals surface area contributed by atoms with Crippen molar-refractivity contribution >= 4 is 21.2 Å². The summed E-state index contributed by atoms with van der Waals surface area (Å²) in [6, 6.07) is 6.83. The van der Waals surface area contributed by atoms with Gasteiger partial charge >= 0.3 is 0 Å². The summed E-state index contributed by atoms with van der Waals surface area (Å²) < 4.78 is 34.7. The van der Waals surface area contributed by atoms with Gasteiger partial charge in [0.2, 0.25) is 5.16 Å². The van der Waals surface area contributed by atoms with Gasteiger partial charge in [-0.1, -0.05) is 12.1 Å². The van der Waals surface area contributed by atoms with E-state index in [1.807, 2.05) is 13.8 Å². The predicted octanol–water partition coefficient (Wildman–Crippen LogP) is 1.52. The van der Waals surface area contributed by atoms with E-state index in [1.165, 1.54) is 4.57 Å². The average Bonchev–Trinajstić information content (AvgIpc) is 2.55. The molecule has 0 amide bonds. The molecule has 6 heteroatoms. The van der Waals surface area contributed by atoms with Crippen molar-refractivity contribution in [2.45, 2.75) is 25.0 Å². The fourth-order valence-corrected chi connectivity index (χ4v) is 2.46. The molecular formula is C10H11N2O3S-. The molecule has 0 N–H and O–H groups in total. The molecule has 1 aromatic carbocycles. The normalized spacial score (nSPS) is 12.5. The van der Waals surface area contributed by atoms with Crippen LogP contribution in [-0.2, 0) is 10.1 Å². The molecule has 0 bridgehead atoms. The minimum absolute atomic E-state index is 0.133. The van der Waals surface area contributed by atoms with E-state index < -0.39 is 15.3 Å². The van der Waals surface area contributed by atoms with E-state index in [2.05, 4.69) is 4.98 Å². The Hall–Kier alpha value is -1.40. The lowest BCUT2D eigenvalue weighted by Crippen LogP contribution is -2.11. The molecule has 0 aliphatic carbocycles. The SMILES string of the molecule is CC(C)n1c(S(=O)(=O)[O-])nc2ccccc21. The highest BCUT2D eigenvalue weighted by atomic mass is 32.2. The van der Waals surface area contributed by atoms with Gasteiger partial charge in [-0.25, -0.2) is 13.4 Å². The van der Waals surface area contributed by atoms with Crippen LogP contribution in [-0.4, -0.2) is 22.5 Å². The Morgan fingerprint density at radius 1 is 1.31 bits per heavy atom. The van der Waals surface area contributed by atoms with Gasteiger partial charge in [0.25, 0.3) is 0 Å². The molecule has 0 saturated heterocycles. The number of para-hydroxylation sites is 2. The molecule has 0 unspecified atom stereocenters. The molecule has 0 atom stereocenters. The third-order valence-corrected chi connectivity index (χ3v) is 3.04. The molecule has 0 radical (unpaired) electrons. The molecule has 0 aliphatic rings. The number of benzene rings is 1. The van der Waals surface area contributed by atoms with Crippen molar-refractivity contribution in [3.8, 4) is 0 Å². The van der Waals surface area contributed by atoms with E-state index in [1.54, 1.807) is 24.3 Å². The van der Waals surface area contributed by atoms with Gasteiger partial charge in [0.1, 0.15) is 0 Å². The van der Waals surface area contributed by atoms with Gasteiger partial charge in [0, 0.05) is 6.04 Å². The van der Waals surface area contributed by atoms with E-state index in [-0.39, 0.29) is 6.04 Å². The summed E-state index contributed by atoms with van der Waals surface area (Å²) in [5, 5.41) is -0.413. The van der Waals surface area contributed by atoms with Gasteiger partial charge < -0.3 is 9.12 Å². The van der Waals surface area contributed by atoms with Gasteiger partial charge in [0.15, 0.2) is 10.1 Å². The Kier molecular flexibility index (Phi) is 2.47. The maximum atomic E-state index is 11.1. The number of fused-ring (bicyclic) bond motifs is 1. The summed E-state index contributed by atoms with van der Waals surface area (Å²) in [5.74, 6) is 0. The average molecular weight is 239 g/mol. The zero-order chi connectivity index (χ0) is 11.9. The van der Waals surface area contributed by atoms with E-state index in [4.69, 9.17) is 0 Å². The first-order chi connectivity index (χ1) is 7.41. The van der Waals surface area contributed by atoms with Crippen LogP contribution in [0.4, 0.5) is 0 Å². The first-order valence-electron chi connectivity index (χ1n) is 4.84. The number of aromatic nitrogens is 2. The topological polar surface area (TPSA) is 75.0 Å². The Bertz CT molecular complexity index is 629. The molecule has 16 heavy (non-hydrogen) atoms. The van der Waals surface area contributed by atoms with Crippen LogP contribution in [0.25, 0.3) is 11.0 Å². The molecule has 1 aromatic heterocycles. The van der Waals surface area contributed by atoms with E-state index >= 15 is 0 Å². The van der Waals surface area contributed by atoms with Crippen LogP contribution in [0.5, 0.6) is 0 Å². The minimum Gasteiger partial charge on any atom is -0.742 e. The van der Waals surface area contributed by atoms with Crippen LogP contribution in [0.3, 0.4) is 0 Å². The molecule has 0 saturated carbocycles. The number of hydrogen-bond acceptors (Lipinski definition) is 4. The van der Waals surface area contributed by atoms with Crippen LogP contribution in [0.2, 0.25) is 0 Å². The molecule has 1 heterocycles. The Morgan fingerprint density at radius 2 is 1.94 bits per heavy atom. The van der Waals surface area contributed by atoms with Crippen molar-refractivity contribution in [2.75, 3.05) is 0 Å². The van der Waals surface area contributed by atoms with Gasteiger partial charge in [0.05, 0.1) is 11.0 Å². The van der Waals surface area contributed by atoms with Crippen LogP contribution < -0.4 is 0 Å². The van der Waals surface area contributed by atoms with Crippen molar-refractivity contribution in [2.24, 2.45) is 0 Å². The molecule has 0 aliphatic heterocycles. The monoisotopic (exact) mass is 239 g/mol. The van der Waals surface area contributed by atoms with E-state index in [0.717, 1.165) is 0 Å². The highest BCUT2D eigenvalue weighted by Gasteiger charge is 2.17. The lowest BCUT2D eigenvalue weighted by Gasteiger charge is -2.14. The maximum Gasteiger partial charge on any atom is 0.216 e. The summed E-state index contributed by atoms with van der Waals surface area (Å²) >= 11 is 0. The Morgan fingerprint density at radius 3 is 2.50 bits per heavy atom. The second-order valence-electron chi connectivity index (χ2n) is 3.80. The predicted molar refractivity (Wildman–Crippen MR) is 58.1 cm³/mol. The standard InChI is InChI=1S/C10H12N2O3S/c1-7(2)12-9-6-4-3-5-8(9)11-10(12)16(13,14)15/h3-7H,1-2H3,(H,13,14,15)/p-1. The zero-order valence-electron chi connectivity index (χ0n) is 8.91. The maximum absolute atomic E-state index is 11.1. The van der Waals surface area contributed by atoms with E-state index in [0.29, 0.717) is 11.0 Å².